The first-order valence-corrected chi connectivity index (χ1v) is 6.34. The Balaban J connectivity index is 1.95. The Morgan fingerprint density at radius 1 is 1.27 bits per heavy atom. The lowest BCUT2D eigenvalue weighted by atomic mass is 10.1. The van der Waals surface area contributed by atoms with Crippen molar-refractivity contribution >= 4 is 15.9 Å². The van der Waals surface area contributed by atoms with Crippen molar-refractivity contribution in [1.29, 1.82) is 0 Å². The Bertz CT molecular complexity index is 332. The third kappa shape index (κ3) is 3.18. The van der Waals surface area contributed by atoms with Crippen LogP contribution in [0.15, 0.2) is 40.9 Å². The highest BCUT2D eigenvalue weighted by atomic mass is 79.9. The summed E-state index contributed by atoms with van der Waals surface area (Å²) in [5.41, 5.74) is 2.92. The SMILES string of the molecule is Br/C=C1/CCCN(Cc2ccccc2)C1. The number of halogens is 1. The maximum Gasteiger partial charge on any atom is 0.0237 e. The van der Waals surface area contributed by atoms with Gasteiger partial charge in [-0.2, -0.15) is 0 Å². The second-order valence-corrected chi connectivity index (χ2v) is 4.53. The number of rotatable bonds is 2. The summed E-state index contributed by atoms with van der Waals surface area (Å²) < 4.78 is 0. The molecule has 2 rings (SSSR count). The monoisotopic (exact) mass is 265 g/mol. The number of piperidine rings is 1. The minimum absolute atomic E-state index is 1.07. The van der Waals surface area contributed by atoms with E-state index in [1.807, 2.05) is 0 Å². The van der Waals surface area contributed by atoms with Crippen LogP contribution in [0, 0.1) is 0 Å². The molecule has 1 aliphatic heterocycles. The van der Waals surface area contributed by atoms with Crippen LogP contribution >= 0.6 is 15.9 Å². The Kier molecular flexibility index (Phi) is 3.98. The topological polar surface area (TPSA) is 3.24 Å². The molecule has 0 spiro atoms. The zero-order valence-electron chi connectivity index (χ0n) is 8.82. The van der Waals surface area contributed by atoms with Gasteiger partial charge >= 0.3 is 0 Å². The summed E-state index contributed by atoms with van der Waals surface area (Å²) in [7, 11) is 0. The lowest BCUT2D eigenvalue weighted by molar-refractivity contribution is 0.258. The summed E-state index contributed by atoms with van der Waals surface area (Å²) in [6.07, 6.45) is 2.53. The normalized spacial score (nSPS) is 20.7. The molecule has 0 bridgehead atoms. The number of hydrogen-bond acceptors (Lipinski definition) is 1. The zero-order chi connectivity index (χ0) is 10.5. The van der Waals surface area contributed by atoms with Gasteiger partial charge in [0.2, 0.25) is 0 Å². The molecule has 0 aromatic heterocycles. The van der Waals surface area contributed by atoms with Crippen LogP contribution in [0.5, 0.6) is 0 Å². The molecule has 1 fully saturated rings. The van der Waals surface area contributed by atoms with Crippen LogP contribution < -0.4 is 0 Å². The molecule has 1 aliphatic rings. The molecule has 1 saturated heterocycles. The molecular formula is C13H16BrN. The van der Waals surface area contributed by atoms with E-state index in [1.54, 1.807) is 0 Å². The first kappa shape index (κ1) is 10.9. The van der Waals surface area contributed by atoms with Gasteiger partial charge in [-0.05, 0) is 35.5 Å². The van der Waals surface area contributed by atoms with Crippen LogP contribution in [0.25, 0.3) is 0 Å². The van der Waals surface area contributed by atoms with E-state index >= 15 is 0 Å². The van der Waals surface area contributed by atoms with Gasteiger partial charge in [-0.1, -0.05) is 46.3 Å². The predicted octanol–water partition coefficient (Wildman–Crippen LogP) is 3.56. The second-order valence-electron chi connectivity index (χ2n) is 4.07. The summed E-state index contributed by atoms with van der Waals surface area (Å²) in [4.78, 5) is 4.59. The van der Waals surface area contributed by atoms with Gasteiger partial charge in [0, 0.05) is 13.1 Å². The van der Waals surface area contributed by atoms with Crippen molar-refractivity contribution in [3.8, 4) is 0 Å². The highest BCUT2D eigenvalue weighted by molar-refractivity contribution is 9.11. The van der Waals surface area contributed by atoms with Crippen LogP contribution in [0.4, 0.5) is 0 Å². The summed E-state index contributed by atoms with van der Waals surface area (Å²) in [5, 5.41) is 0. The van der Waals surface area contributed by atoms with Gasteiger partial charge in [-0.25, -0.2) is 0 Å². The third-order valence-corrected chi connectivity index (χ3v) is 3.45. The highest BCUT2D eigenvalue weighted by Gasteiger charge is 2.13. The summed E-state index contributed by atoms with van der Waals surface area (Å²) in [5.74, 6) is 0. The van der Waals surface area contributed by atoms with E-state index in [2.05, 4.69) is 56.1 Å². The lowest BCUT2D eigenvalue weighted by Gasteiger charge is -2.28. The van der Waals surface area contributed by atoms with Gasteiger partial charge < -0.3 is 0 Å². The van der Waals surface area contributed by atoms with E-state index < -0.39 is 0 Å². The van der Waals surface area contributed by atoms with E-state index in [0.29, 0.717) is 0 Å². The van der Waals surface area contributed by atoms with Crippen LogP contribution in [0.1, 0.15) is 18.4 Å². The molecule has 0 atom stereocenters. The fourth-order valence-electron chi connectivity index (χ4n) is 2.04. The molecular weight excluding hydrogens is 250 g/mol. The Labute approximate surface area is 99.9 Å². The number of benzene rings is 1. The van der Waals surface area contributed by atoms with E-state index in [4.69, 9.17) is 0 Å². The molecule has 0 unspecified atom stereocenters. The zero-order valence-corrected chi connectivity index (χ0v) is 10.4. The first-order valence-electron chi connectivity index (χ1n) is 5.43. The van der Waals surface area contributed by atoms with Gasteiger partial charge in [0.1, 0.15) is 0 Å². The molecule has 0 N–H and O–H groups in total. The van der Waals surface area contributed by atoms with Crippen molar-refractivity contribution in [3.63, 3.8) is 0 Å². The summed E-state index contributed by atoms with van der Waals surface area (Å²) >= 11 is 3.44. The van der Waals surface area contributed by atoms with Crippen LogP contribution in [-0.2, 0) is 6.54 Å². The first-order chi connectivity index (χ1) is 7.38. The highest BCUT2D eigenvalue weighted by Crippen LogP contribution is 2.18. The predicted molar refractivity (Wildman–Crippen MR) is 68.0 cm³/mol. The standard InChI is InChI=1S/C13H16BrN/c14-9-13-7-4-8-15(11-13)10-12-5-2-1-3-6-12/h1-3,5-6,9H,4,7-8,10-11H2/b13-9-. The molecule has 0 saturated carbocycles. The van der Waals surface area contributed by atoms with E-state index in [0.717, 1.165) is 13.1 Å². The fourth-order valence-corrected chi connectivity index (χ4v) is 2.41. The molecule has 1 aromatic carbocycles. The molecule has 80 valence electrons. The second kappa shape index (κ2) is 5.47. The van der Waals surface area contributed by atoms with E-state index in [1.165, 1.54) is 30.5 Å². The molecule has 0 amide bonds. The number of likely N-dealkylation sites (tertiary alicyclic amines) is 1. The molecule has 15 heavy (non-hydrogen) atoms. The van der Waals surface area contributed by atoms with Crippen LogP contribution in [0.2, 0.25) is 0 Å². The molecule has 1 heterocycles. The van der Waals surface area contributed by atoms with Crippen molar-refractivity contribution in [2.45, 2.75) is 19.4 Å². The van der Waals surface area contributed by atoms with E-state index in [-0.39, 0.29) is 0 Å². The Morgan fingerprint density at radius 2 is 2.07 bits per heavy atom. The van der Waals surface area contributed by atoms with Gasteiger partial charge in [-0.15, -0.1) is 0 Å². The lowest BCUT2D eigenvalue weighted by Crippen LogP contribution is -2.30. The molecule has 1 aromatic rings. The van der Waals surface area contributed by atoms with Crippen LogP contribution in [-0.4, -0.2) is 18.0 Å². The largest absolute Gasteiger partial charge is 0.295 e. The van der Waals surface area contributed by atoms with Crippen molar-refractivity contribution in [1.82, 2.24) is 4.90 Å². The molecule has 2 heteroatoms. The van der Waals surface area contributed by atoms with Gasteiger partial charge in [0.15, 0.2) is 0 Å². The minimum Gasteiger partial charge on any atom is -0.295 e. The Hall–Kier alpha value is -0.600. The minimum atomic E-state index is 1.07. The summed E-state index contributed by atoms with van der Waals surface area (Å²) in [6.45, 7) is 3.41. The van der Waals surface area contributed by atoms with E-state index in [9.17, 15) is 0 Å². The molecule has 0 aliphatic carbocycles. The number of hydrogen-bond donors (Lipinski definition) is 0. The Morgan fingerprint density at radius 3 is 2.80 bits per heavy atom. The molecule has 1 nitrogen and oxygen atoms in total. The van der Waals surface area contributed by atoms with Crippen molar-refractivity contribution in [2.75, 3.05) is 13.1 Å². The average Bonchev–Trinajstić information content (AvgIpc) is 2.31. The van der Waals surface area contributed by atoms with Crippen LogP contribution in [0.3, 0.4) is 0 Å². The summed E-state index contributed by atoms with van der Waals surface area (Å²) in [6, 6.07) is 10.7. The maximum atomic E-state index is 3.44. The van der Waals surface area contributed by atoms with Gasteiger partial charge in [-0.3, -0.25) is 4.90 Å². The molecule has 0 radical (unpaired) electrons. The maximum absolute atomic E-state index is 3.44. The average molecular weight is 266 g/mol. The van der Waals surface area contributed by atoms with Crippen molar-refractivity contribution in [3.05, 3.63) is 46.5 Å². The van der Waals surface area contributed by atoms with Gasteiger partial charge in [0.05, 0.1) is 0 Å². The van der Waals surface area contributed by atoms with Crippen molar-refractivity contribution in [2.24, 2.45) is 0 Å². The quantitative estimate of drug-likeness (QED) is 0.791. The fraction of sp³-hybridized carbons (Fsp3) is 0.385. The van der Waals surface area contributed by atoms with Gasteiger partial charge in [0.25, 0.3) is 0 Å². The number of nitrogens with zero attached hydrogens (tertiary/aromatic N) is 1. The van der Waals surface area contributed by atoms with Crippen molar-refractivity contribution < 1.29 is 0 Å². The smallest absolute Gasteiger partial charge is 0.0237 e. The third-order valence-electron chi connectivity index (χ3n) is 2.80.